The van der Waals surface area contributed by atoms with Crippen molar-refractivity contribution in [3.05, 3.63) is 80.7 Å². The molecule has 1 aliphatic rings. The molecule has 1 N–H and O–H groups in total. The minimum absolute atomic E-state index is 0.0481. The van der Waals surface area contributed by atoms with E-state index >= 15 is 0 Å². The van der Waals surface area contributed by atoms with Gasteiger partial charge in [0.05, 0.1) is 6.04 Å². The summed E-state index contributed by atoms with van der Waals surface area (Å²) in [5.74, 6) is -0.656. The van der Waals surface area contributed by atoms with Crippen LogP contribution < -0.4 is 10.9 Å². The number of anilines is 1. The van der Waals surface area contributed by atoms with Gasteiger partial charge in [-0.05, 0) is 55.5 Å². The van der Waals surface area contributed by atoms with E-state index in [1.54, 1.807) is 22.5 Å². The monoisotopic (exact) mass is 436 g/mol. The van der Waals surface area contributed by atoms with E-state index < -0.39 is 5.56 Å². The van der Waals surface area contributed by atoms with Crippen molar-refractivity contribution in [1.29, 1.82) is 0 Å². The van der Waals surface area contributed by atoms with Crippen LogP contribution in [0, 0.1) is 13.8 Å². The zero-order chi connectivity index (χ0) is 22.0. The van der Waals surface area contributed by atoms with Crippen LogP contribution in [-0.4, -0.2) is 32.8 Å². The lowest BCUT2D eigenvalue weighted by molar-refractivity contribution is -0.116. The highest BCUT2D eigenvalue weighted by molar-refractivity contribution is 7.13. The Labute approximate surface area is 184 Å². The lowest BCUT2D eigenvalue weighted by Gasteiger charge is -2.25. The molecule has 0 spiro atoms. The molecule has 3 heterocycles. The topological polar surface area (TPSA) is 84.3 Å². The minimum atomic E-state index is -0.465. The first-order valence-electron chi connectivity index (χ1n) is 10.2. The van der Waals surface area contributed by atoms with Crippen LogP contribution in [0.2, 0.25) is 0 Å². The van der Waals surface area contributed by atoms with Crippen molar-refractivity contribution < 1.29 is 9.59 Å². The maximum absolute atomic E-state index is 13.3. The van der Waals surface area contributed by atoms with E-state index in [0.29, 0.717) is 11.7 Å². The molecule has 0 bridgehead atoms. The third-order valence-electron chi connectivity index (χ3n) is 5.67. The summed E-state index contributed by atoms with van der Waals surface area (Å²) in [7, 11) is 0. The summed E-state index contributed by atoms with van der Waals surface area (Å²) in [5.41, 5.74) is 3.10. The highest BCUT2D eigenvalue weighted by Gasteiger charge is 2.32. The van der Waals surface area contributed by atoms with Gasteiger partial charge in [-0.2, -0.15) is 0 Å². The van der Waals surface area contributed by atoms with Gasteiger partial charge in [0.15, 0.2) is 5.13 Å². The van der Waals surface area contributed by atoms with E-state index in [9.17, 15) is 14.4 Å². The Morgan fingerprint density at radius 3 is 2.81 bits per heavy atom. The van der Waals surface area contributed by atoms with Gasteiger partial charge in [0, 0.05) is 24.3 Å². The van der Waals surface area contributed by atoms with Gasteiger partial charge in [-0.3, -0.25) is 14.4 Å². The number of aryl methyl sites for hydroxylation is 2. The quantitative estimate of drug-likeness (QED) is 0.663. The second-order valence-corrected chi connectivity index (χ2v) is 8.64. The maximum Gasteiger partial charge on any atom is 0.263 e. The van der Waals surface area contributed by atoms with Gasteiger partial charge in [-0.15, -0.1) is 11.3 Å². The van der Waals surface area contributed by atoms with E-state index in [0.717, 1.165) is 18.4 Å². The largest absolute Gasteiger partial charge is 0.331 e. The molecule has 0 saturated carbocycles. The van der Waals surface area contributed by atoms with Crippen LogP contribution in [0.1, 0.15) is 45.9 Å². The predicted molar refractivity (Wildman–Crippen MR) is 120 cm³/mol. The fourth-order valence-corrected chi connectivity index (χ4v) is 4.45. The Morgan fingerprint density at radius 2 is 2.06 bits per heavy atom. The molecule has 7 nitrogen and oxygen atoms in total. The van der Waals surface area contributed by atoms with Crippen molar-refractivity contribution >= 4 is 28.3 Å². The lowest BCUT2D eigenvalue weighted by atomic mass is 9.99. The number of amides is 2. The van der Waals surface area contributed by atoms with Crippen LogP contribution in [0.3, 0.4) is 0 Å². The molecule has 3 aromatic rings. The van der Waals surface area contributed by atoms with Crippen LogP contribution in [0.25, 0.3) is 0 Å². The summed E-state index contributed by atoms with van der Waals surface area (Å²) in [4.78, 5) is 44.3. The Hall–Kier alpha value is -3.26. The third kappa shape index (κ3) is 4.44. The van der Waals surface area contributed by atoms with Crippen LogP contribution in [0.5, 0.6) is 0 Å². The standard InChI is InChI=1S/C23H24N4O3S/c1-15-7-8-17(13-16(15)2)19-6-4-11-27(19)22(30)18-5-3-10-26(21(18)29)14-20(28)25-23-24-9-12-31-23/h3,5,7-10,12-13,19H,4,6,11,14H2,1-2H3,(H,24,25,28)/t19-/m0/s1. The number of benzene rings is 1. The molecule has 1 fully saturated rings. The molecule has 31 heavy (non-hydrogen) atoms. The van der Waals surface area contributed by atoms with Gasteiger partial charge in [0.2, 0.25) is 5.91 Å². The van der Waals surface area contributed by atoms with E-state index in [1.165, 1.54) is 39.3 Å². The molecular formula is C23H24N4O3S. The Kier molecular flexibility index (Phi) is 5.99. The second kappa shape index (κ2) is 8.85. The summed E-state index contributed by atoms with van der Waals surface area (Å²) < 4.78 is 1.26. The van der Waals surface area contributed by atoms with Crippen molar-refractivity contribution in [2.24, 2.45) is 0 Å². The number of hydrogen-bond donors (Lipinski definition) is 1. The fraction of sp³-hybridized carbons (Fsp3) is 0.304. The molecule has 8 heteroatoms. The molecule has 1 saturated heterocycles. The van der Waals surface area contributed by atoms with Gasteiger partial charge >= 0.3 is 0 Å². The van der Waals surface area contributed by atoms with Crippen molar-refractivity contribution in [2.75, 3.05) is 11.9 Å². The number of aromatic nitrogens is 2. The molecule has 1 aliphatic heterocycles. The number of pyridine rings is 1. The van der Waals surface area contributed by atoms with Gasteiger partial charge in [0.25, 0.3) is 11.5 Å². The van der Waals surface area contributed by atoms with Crippen molar-refractivity contribution in [2.45, 2.75) is 39.3 Å². The maximum atomic E-state index is 13.3. The van der Waals surface area contributed by atoms with Crippen molar-refractivity contribution in [3.63, 3.8) is 0 Å². The molecular weight excluding hydrogens is 412 g/mol. The number of carbonyl (C=O) groups is 2. The zero-order valence-electron chi connectivity index (χ0n) is 17.5. The minimum Gasteiger partial charge on any atom is -0.331 e. The third-order valence-corrected chi connectivity index (χ3v) is 6.36. The Bertz CT molecular complexity index is 1170. The van der Waals surface area contributed by atoms with E-state index in [4.69, 9.17) is 0 Å². The molecule has 0 unspecified atom stereocenters. The van der Waals surface area contributed by atoms with Crippen LogP contribution in [0.15, 0.2) is 52.9 Å². The second-order valence-electron chi connectivity index (χ2n) is 7.74. The van der Waals surface area contributed by atoms with Crippen molar-refractivity contribution in [3.8, 4) is 0 Å². The first kappa shape index (κ1) is 21.0. The number of carbonyl (C=O) groups excluding carboxylic acids is 2. The predicted octanol–water partition coefficient (Wildman–Crippen LogP) is 3.54. The van der Waals surface area contributed by atoms with Gasteiger partial charge < -0.3 is 14.8 Å². The van der Waals surface area contributed by atoms with Crippen LogP contribution >= 0.6 is 11.3 Å². The smallest absolute Gasteiger partial charge is 0.263 e. The first-order chi connectivity index (χ1) is 14.9. The fourth-order valence-electron chi connectivity index (χ4n) is 3.91. The molecule has 0 radical (unpaired) electrons. The highest BCUT2D eigenvalue weighted by Crippen LogP contribution is 2.33. The molecule has 2 aromatic heterocycles. The molecule has 160 valence electrons. The highest BCUT2D eigenvalue weighted by atomic mass is 32.1. The van der Waals surface area contributed by atoms with Crippen molar-refractivity contribution in [1.82, 2.24) is 14.5 Å². The summed E-state index contributed by atoms with van der Waals surface area (Å²) in [5, 5.41) is 4.88. The summed E-state index contributed by atoms with van der Waals surface area (Å²) in [6, 6.07) is 9.38. The number of nitrogens with one attached hydrogen (secondary N) is 1. The Morgan fingerprint density at radius 1 is 1.23 bits per heavy atom. The average Bonchev–Trinajstić information content (AvgIpc) is 3.43. The van der Waals surface area contributed by atoms with Gasteiger partial charge in [-0.1, -0.05) is 18.2 Å². The molecule has 1 atom stereocenters. The summed E-state index contributed by atoms with van der Waals surface area (Å²) in [6.07, 6.45) is 4.87. The lowest BCUT2D eigenvalue weighted by Crippen LogP contribution is -2.37. The average molecular weight is 437 g/mol. The van der Waals surface area contributed by atoms with Crippen LogP contribution in [0.4, 0.5) is 5.13 Å². The van der Waals surface area contributed by atoms with E-state index in [1.807, 2.05) is 0 Å². The van der Waals surface area contributed by atoms with E-state index in [-0.39, 0.29) is 30.0 Å². The molecule has 2 amide bonds. The van der Waals surface area contributed by atoms with Gasteiger partial charge in [0.1, 0.15) is 12.1 Å². The first-order valence-corrected chi connectivity index (χ1v) is 11.1. The molecule has 0 aliphatic carbocycles. The van der Waals surface area contributed by atoms with Gasteiger partial charge in [-0.25, -0.2) is 4.98 Å². The zero-order valence-corrected chi connectivity index (χ0v) is 18.3. The molecule has 4 rings (SSSR count). The van der Waals surface area contributed by atoms with E-state index in [2.05, 4.69) is 42.3 Å². The summed E-state index contributed by atoms with van der Waals surface area (Å²) >= 11 is 1.30. The SMILES string of the molecule is Cc1ccc([C@@H]2CCCN2C(=O)c2cccn(CC(=O)Nc3nccs3)c2=O)cc1C. The molecule has 1 aromatic carbocycles. The summed E-state index contributed by atoms with van der Waals surface area (Å²) in [6.45, 7) is 4.55. The number of nitrogens with zero attached hydrogens (tertiary/aromatic N) is 3. The normalized spacial score (nSPS) is 15.8. The number of hydrogen-bond acceptors (Lipinski definition) is 5. The number of thiazole rings is 1. The number of rotatable bonds is 5. The Balaban J connectivity index is 1.55. The number of likely N-dealkylation sites (tertiary alicyclic amines) is 1. The van der Waals surface area contributed by atoms with Crippen LogP contribution in [-0.2, 0) is 11.3 Å².